The van der Waals surface area contributed by atoms with Gasteiger partial charge in [0.25, 0.3) is 0 Å². The Kier molecular flexibility index (Phi) is 6.65. The number of phenols is 1. The molecule has 5 nitrogen and oxygen atoms in total. The van der Waals surface area contributed by atoms with Crippen LogP contribution in [0, 0.1) is 5.82 Å². The van der Waals surface area contributed by atoms with Crippen molar-refractivity contribution < 1.29 is 19.0 Å². The van der Waals surface area contributed by atoms with Crippen molar-refractivity contribution in [1.29, 1.82) is 0 Å². The summed E-state index contributed by atoms with van der Waals surface area (Å²) in [5.74, 6) is 0.854. The Morgan fingerprint density at radius 1 is 1.19 bits per heavy atom. The van der Waals surface area contributed by atoms with Crippen LogP contribution in [0.15, 0.2) is 48.5 Å². The first-order chi connectivity index (χ1) is 13.1. The maximum absolute atomic E-state index is 13.1. The highest BCUT2D eigenvalue weighted by Crippen LogP contribution is 2.28. The molecule has 0 radical (unpaired) electrons. The minimum absolute atomic E-state index is 0.0269. The van der Waals surface area contributed by atoms with E-state index in [2.05, 4.69) is 10.2 Å². The molecule has 2 N–H and O–H groups in total. The third kappa shape index (κ3) is 5.96. The van der Waals surface area contributed by atoms with Gasteiger partial charge in [0.2, 0.25) is 5.91 Å². The fourth-order valence-corrected chi connectivity index (χ4v) is 3.35. The van der Waals surface area contributed by atoms with Gasteiger partial charge in [0.05, 0.1) is 13.1 Å². The largest absolute Gasteiger partial charge is 0.508 e. The van der Waals surface area contributed by atoms with E-state index in [0.29, 0.717) is 31.4 Å². The maximum Gasteiger partial charge on any atom is 0.234 e. The molecule has 0 bridgehead atoms. The van der Waals surface area contributed by atoms with Crippen LogP contribution in [0.4, 0.5) is 4.39 Å². The van der Waals surface area contributed by atoms with E-state index in [-0.39, 0.29) is 17.5 Å². The fourth-order valence-electron chi connectivity index (χ4n) is 3.35. The van der Waals surface area contributed by atoms with Gasteiger partial charge in [0.15, 0.2) is 0 Å². The molecule has 1 aliphatic rings. The molecule has 1 fully saturated rings. The Hall–Kier alpha value is -2.60. The van der Waals surface area contributed by atoms with Crippen LogP contribution >= 0.6 is 0 Å². The lowest BCUT2D eigenvalue weighted by atomic mass is 9.89. The second-order valence-electron chi connectivity index (χ2n) is 6.80. The monoisotopic (exact) mass is 372 g/mol. The van der Waals surface area contributed by atoms with Gasteiger partial charge >= 0.3 is 0 Å². The minimum atomic E-state index is -0.341. The zero-order valence-corrected chi connectivity index (χ0v) is 15.2. The molecular formula is C21H25FN2O3. The topological polar surface area (TPSA) is 61.8 Å². The summed E-state index contributed by atoms with van der Waals surface area (Å²) in [5.41, 5.74) is 1.24. The van der Waals surface area contributed by atoms with Crippen LogP contribution < -0.4 is 10.1 Å². The summed E-state index contributed by atoms with van der Waals surface area (Å²) in [4.78, 5) is 14.2. The van der Waals surface area contributed by atoms with Crippen molar-refractivity contribution in [2.75, 3.05) is 32.8 Å². The van der Waals surface area contributed by atoms with Gasteiger partial charge in [-0.25, -0.2) is 4.39 Å². The molecule has 27 heavy (non-hydrogen) atoms. The smallest absolute Gasteiger partial charge is 0.234 e. The lowest BCUT2D eigenvalue weighted by molar-refractivity contribution is -0.122. The molecule has 6 heteroatoms. The molecule has 1 saturated heterocycles. The number of hydrogen-bond acceptors (Lipinski definition) is 4. The number of carbonyl (C=O) groups excluding carboxylic acids is 1. The summed E-state index contributed by atoms with van der Waals surface area (Å²) < 4.78 is 18.5. The number of nitrogens with zero attached hydrogens (tertiary/aromatic N) is 1. The van der Waals surface area contributed by atoms with Gasteiger partial charge in [-0.2, -0.15) is 0 Å². The first-order valence-electron chi connectivity index (χ1n) is 9.26. The van der Waals surface area contributed by atoms with Crippen molar-refractivity contribution in [3.63, 3.8) is 0 Å². The summed E-state index contributed by atoms with van der Waals surface area (Å²) in [6.45, 7) is 2.82. The van der Waals surface area contributed by atoms with E-state index in [1.165, 1.54) is 17.7 Å². The van der Waals surface area contributed by atoms with Gasteiger partial charge in [-0.15, -0.1) is 0 Å². The quantitative estimate of drug-likeness (QED) is 0.734. The third-order valence-electron chi connectivity index (χ3n) is 4.81. The molecule has 144 valence electrons. The lowest BCUT2D eigenvalue weighted by Crippen LogP contribution is -2.42. The SMILES string of the molecule is O=C(CN1CCC(c2ccc(O)cc2)CC1)NCCOc1cccc(F)c1. The first-order valence-corrected chi connectivity index (χ1v) is 9.26. The first kappa shape index (κ1) is 19.2. The number of rotatable bonds is 7. The number of likely N-dealkylation sites (tertiary alicyclic amines) is 1. The van der Waals surface area contributed by atoms with Crippen LogP contribution in [0.1, 0.15) is 24.3 Å². The molecule has 0 atom stereocenters. The number of halogens is 1. The Balaban J connectivity index is 1.33. The Morgan fingerprint density at radius 2 is 1.93 bits per heavy atom. The van der Waals surface area contributed by atoms with E-state index in [1.54, 1.807) is 24.3 Å². The third-order valence-corrected chi connectivity index (χ3v) is 4.81. The lowest BCUT2D eigenvalue weighted by Gasteiger charge is -2.31. The zero-order valence-electron chi connectivity index (χ0n) is 15.2. The van der Waals surface area contributed by atoms with Crippen molar-refractivity contribution in [3.8, 4) is 11.5 Å². The summed E-state index contributed by atoms with van der Waals surface area (Å²) in [7, 11) is 0. The number of aromatic hydroxyl groups is 1. The molecule has 0 saturated carbocycles. The average molecular weight is 372 g/mol. The number of nitrogens with one attached hydrogen (secondary N) is 1. The number of phenolic OH excluding ortho intramolecular Hbond substituents is 1. The number of piperidine rings is 1. The van der Waals surface area contributed by atoms with Gasteiger partial charge in [0, 0.05) is 6.07 Å². The van der Waals surface area contributed by atoms with Crippen LogP contribution in [0.25, 0.3) is 0 Å². The van der Waals surface area contributed by atoms with Crippen molar-refractivity contribution >= 4 is 5.91 Å². The molecule has 0 unspecified atom stereocenters. The highest BCUT2D eigenvalue weighted by Gasteiger charge is 2.21. The molecule has 0 aromatic heterocycles. The summed E-state index contributed by atoms with van der Waals surface area (Å²) in [6.07, 6.45) is 2.00. The Labute approximate surface area is 158 Å². The van der Waals surface area contributed by atoms with E-state index in [4.69, 9.17) is 4.74 Å². The molecular weight excluding hydrogens is 347 g/mol. The van der Waals surface area contributed by atoms with Crippen molar-refractivity contribution in [2.45, 2.75) is 18.8 Å². The molecule has 3 rings (SSSR count). The van der Waals surface area contributed by atoms with Crippen LogP contribution in [0.5, 0.6) is 11.5 Å². The molecule has 1 aliphatic heterocycles. The fraction of sp³-hybridized carbons (Fsp3) is 0.381. The van der Waals surface area contributed by atoms with Gasteiger partial charge in [0.1, 0.15) is 23.9 Å². The minimum Gasteiger partial charge on any atom is -0.508 e. The molecule has 0 aliphatic carbocycles. The van der Waals surface area contributed by atoms with E-state index in [0.717, 1.165) is 25.9 Å². The molecule has 0 spiro atoms. The Morgan fingerprint density at radius 3 is 2.63 bits per heavy atom. The van der Waals surface area contributed by atoms with Crippen LogP contribution in [0.2, 0.25) is 0 Å². The van der Waals surface area contributed by atoms with Crippen LogP contribution in [-0.2, 0) is 4.79 Å². The van der Waals surface area contributed by atoms with Crippen LogP contribution in [0.3, 0.4) is 0 Å². The van der Waals surface area contributed by atoms with E-state index in [1.807, 2.05) is 12.1 Å². The van der Waals surface area contributed by atoms with Crippen molar-refractivity contribution in [1.82, 2.24) is 10.2 Å². The molecule has 2 aromatic carbocycles. The summed E-state index contributed by atoms with van der Waals surface area (Å²) in [6, 6.07) is 13.3. The van der Waals surface area contributed by atoms with E-state index in [9.17, 15) is 14.3 Å². The molecule has 1 amide bonds. The number of benzene rings is 2. The summed E-state index contributed by atoms with van der Waals surface area (Å²) in [5, 5.41) is 12.2. The number of hydrogen-bond donors (Lipinski definition) is 2. The predicted octanol–water partition coefficient (Wildman–Crippen LogP) is 2.91. The maximum atomic E-state index is 13.1. The highest BCUT2D eigenvalue weighted by molar-refractivity contribution is 5.78. The second kappa shape index (κ2) is 9.37. The van der Waals surface area contributed by atoms with E-state index < -0.39 is 0 Å². The Bertz CT molecular complexity index is 743. The zero-order chi connectivity index (χ0) is 19.1. The number of carbonyl (C=O) groups is 1. The second-order valence-corrected chi connectivity index (χ2v) is 6.80. The van der Waals surface area contributed by atoms with Gasteiger partial charge in [-0.3, -0.25) is 9.69 Å². The van der Waals surface area contributed by atoms with Gasteiger partial charge < -0.3 is 15.2 Å². The van der Waals surface area contributed by atoms with Crippen molar-refractivity contribution in [2.24, 2.45) is 0 Å². The van der Waals surface area contributed by atoms with Crippen LogP contribution in [-0.4, -0.2) is 48.7 Å². The van der Waals surface area contributed by atoms with Gasteiger partial charge in [-0.05, 0) is 61.7 Å². The number of ether oxygens (including phenoxy) is 1. The standard InChI is InChI=1S/C21H25FN2O3/c22-18-2-1-3-20(14-18)27-13-10-23-21(26)15-24-11-8-17(9-12-24)16-4-6-19(25)7-5-16/h1-7,14,17,25H,8-13,15H2,(H,23,26). The van der Waals surface area contributed by atoms with Crippen molar-refractivity contribution in [3.05, 3.63) is 59.9 Å². The number of amides is 1. The highest BCUT2D eigenvalue weighted by atomic mass is 19.1. The predicted molar refractivity (Wildman–Crippen MR) is 101 cm³/mol. The molecule has 2 aromatic rings. The normalized spacial score (nSPS) is 15.4. The summed E-state index contributed by atoms with van der Waals surface area (Å²) >= 11 is 0. The molecule has 1 heterocycles. The van der Waals surface area contributed by atoms with Gasteiger partial charge in [-0.1, -0.05) is 18.2 Å². The van der Waals surface area contributed by atoms with E-state index >= 15 is 0 Å². The average Bonchev–Trinajstić information content (AvgIpc) is 2.67.